The molecule has 1 aliphatic carbocycles. The predicted molar refractivity (Wildman–Crippen MR) is 98.1 cm³/mol. The monoisotopic (exact) mass is 366 g/mol. The van der Waals surface area contributed by atoms with Gasteiger partial charge in [0.15, 0.2) is 5.01 Å². The van der Waals surface area contributed by atoms with Crippen LogP contribution in [0.5, 0.6) is 0 Å². The van der Waals surface area contributed by atoms with Crippen LogP contribution in [0.4, 0.5) is 0 Å². The van der Waals surface area contributed by atoms with Gasteiger partial charge in [-0.2, -0.15) is 0 Å². The lowest BCUT2D eigenvalue weighted by atomic mass is 9.80. The zero-order valence-electron chi connectivity index (χ0n) is 14.2. The van der Waals surface area contributed by atoms with Crippen molar-refractivity contribution in [3.8, 4) is 11.3 Å². The van der Waals surface area contributed by atoms with Gasteiger partial charge in [0.2, 0.25) is 0 Å². The maximum Gasteiger partial charge on any atom is 0.280 e. The Balaban J connectivity index is 1.56. The molecule has 3 aromatic rings. The van der Waals surface area contributed by atoms with E-state index in [9.17, 15) is 9.90 Å². The average molecular weight is 366 g/mol. The molecule has 5 rings (SSSR count). The second kappa shape index (κ2) is 5.75. The van der Waals surface area contributed by atoms with E-state index in [4.69, 9.17) is 0 Å². The van der Waals surface area contributed by atoms with E-state index in [1.807, 2.05) is 24.7 Å². The van der Waals surface area contributed by atoms with Gasteiger partial charge in [0.1, 0.15) is 6.10 Å². The maximum atomic E-state index is 11.9. The molecule has 0 radical (unpaired) electrons. The molecular formula is C19H18N4O2S. The average Bonchev–Trinajstić information content (AvgIpc) is 3.36. The molecule has 3 heterocycles. The zero-order chi connectivity index (χ0) is 17.8. The minimum absolute atomic E-state index is 0.00117. The van der Waals surface area contributed by atoms with Crippen molar-refractivity contribution in [2.45, 2.75) is 25.0 Å². The summed E-state index contributed by atoms with van der Waals surface area (Å²) in [6.45, 7) is 0. The number of rotatable bonds is 2. The summed E-state index contributed by atoms with van der Waals surface area (Å²) in [7, 11) is 1.60. The lowest BCUT2D eigenvalue weighted by Crippen LogP contribution is -2.28. The summed E-state index contributed by atoms with van der Waals surface area (Å²) >= 11 is 1.39. The highest BCUT2D eigenvalue weighted by molar-refractivity contribution is 7.13. The van der Waals surface area contributed by atoms with Gasteiger partial charge in [0.05, 0.1) is 30.0 Å². The number of carbonyl (C=O) groups excluding carboxylic acids is 1. The second-order valence-electron chi connectivity index (χ2n) is 6.77. The summed E-state index contributed by atoms with van der Waals surface area (Å²) in [5.41, 5.74) is 4.15. The van der Waals surface area contributed by atoms with Crippen molar-refractivity contribution < 1.29 is 9.90 Å². The van der Waals surface area contributed by atoms with Gasteiger partial charge in [-0.25, -0.2) is 9.97 Å². The number of aliphatic hydroxyl groups excluding tert-OH is 1. The predicted octanol–water partition coefficient (Wildman–Crippen LogP) is 2.57. The van der Waals surface area contributed by atoms with E-state index in [-0.39, 0.29) is 17.9 Å². The zero-order valence-corrected chi connectivity index (χ0v) is 15.0. The molecule has 0 fully saturated rings. The van der Waals surface area contributed by atoms with Gasteiger partial charge in [-0.05, 0) is 18.4 Å². The van der Waals surface area contributed by atoms with Crippen LogP contribution in [0.25, 0.3) is 11.3 Å². The number of amides is 1. The Hall–Kier alpha value is -2.51. The van der Waals surface area contributed by atoms with Crippen LogP contribution in [-0.4, -0.2) is 32.6 Å². The molecule has 0 unspecified atom stereocenters. The van der Waals surface area contributed by atoms with Gasteiger partial charge in [-0.3, -0.25) is 4.79 Å². The molecule has 26 heavy (non-hydrogen) atoms. The van der Waals surface area contributed by atoms with Crippen LogP contribution in [-0.2, 0) is 6.42 Å². The van der Waals surface area contributed by atoms with Crippen molar-refractivity contribution in [2.24, 2.45) is 5.92 Å². The van der Waals surface area contributed by atoms with Crippen LogP contribution in [0.2, 0.25) is 0 Å². The molecule has 132 valence electrons. The van der Waals surface area contributed by atoms with Crippen molar-refractivity contribution >= 4 is 17.2 Å². The molecule has 0 saturated heterocycles. The second-order valence-corrected chi connectivity index (χ2v) is 7.86. The third kappa shape index (κ3) is 2.10. The summed E-state index contributed by atoms with van der Waals surface area (Å²) in [6, 6.07) is 8.35. The molecular weight excluding hydrogens is 348 g/mol. The van der Waals surface area contributed by atoms with Gasteiger partial charge in [-0.15, -0.1) is 11.3 Å². The molecule has 6 nitrogen and oxygen atoms in total. The normalized spacial score (nSPS) is 23.2. The van der Waals surface area contributed by atoms with E-state index in [1.165, 1.54) is 22.5 Å². The van der Waals surface area contributed by atoms with Gasteiger partial charge >= 0.3 is 0 Å². The third-order valence-electron chi connectivity index (χ3n) is 5.47. The number of benzene rings is 1. The molecule has 1 aliphatic heterocycles. The highest BCUT2D eigenvalue weighted by atomic mass is 32.1. The first-order valence-electron chi connectivity index (χ1n) is 8.70. The Morgan fingerprint density at radius 3 is 3.08 bits per heavy atom. The van der Waals surface area contributed by atoms with Crippen molar-refractivity contribution in [1.82, 2.24) is 19.9 Å². The van der Waals surface area contributed by atoms with Crippen molar-refractivity contribution in [1.29, 1.82) is 0 Å². The van der Waals surface area contributed by atoms with E-state index in [0.29, 0.717) is 10.7 Å². The van der Waals surface area contributed by atoms with Crippen molar-refractivity contribution in [3.63, 3.8) is 0 Å². The Morgan fingerprint density at radius 1 is 1.38 bits per heavy atom. The molecule has 2 aromatic heterocycles. The first-order chi connectivity index (χ1) is 12.7. The number of carbonyl (C=O) groups is 1. The fourth-order valence-electron chi connectivity index (χ4n) is 4.28. The summed E-state index contributed by atoms with van der Waals surface area (Å²) in [5, 5.41) is 14.1. The van der Waals surface area contributed by atoms with Crippen molar-refractivity contribution in [3.05, 3.63) is 57.9 Å². The molecule has 7 heteroatoms. The van der Waals surface area contributed by atoms with E-state index in [2.05, 4.69) is 32.0 Å². The Labute approximate surface area is 154 Å². The molecule has 1 amide bonds. The number of hydrogen-bond donors (Lipinski definition) is 2. The fourth-order valence-corrected chi connectivity index (χ4v) is 5.34. The smallest absolute Gasteiger partial charge is 0.280 e. The van der Waals surface area contributed by atoms with Crippen LogP contribution in [0.15, 0.2) is 36.8 Å². The van der Waals surface area contributed by atoms with E-state index >= 15 is 0 Å². The van der Waals surface area contributed by atoms with E-state index in [0.717, 1.165) is 23.4 Å². The van der Waals surface area contributed by atoms with Crippen LogP contribution < -0.4 is 5.32 Å². The number of aryl methyl sites for hydroxylation is 1. The summed E-state index contributed by atoms with van der Waals surface area (Å²) < 4.78 is 2.16. The lowest BCUT2D eigenvalue weighted by molar-refractivity contribution is 0.0690. The number of nitrogens with zero attached hydrogens (tertiary/aromatic N) is 3. The quantitative estimate of drug-likeness (QED) is 0.730. The van der Waals surface area contributed by atoms with Gasteiger partial charge in [0, 0.05) is 23.4 Å². The molecule has 1 aromatic carbocycles. The molecule has 0 spiro atoms. The number of aromatic nitrogens is 3. The number of thiazole rings is 1. The first-order valence-corrected chi connectivity index (χ1v) is 9.51. The minimum Gasteiger partial charge on any atom is -0.386 e. The first kappa shape index (κ1) is 15.7. The molecule has 2 N–H and O–H groups in total. The molecule has 3 atom stereocenters. The SMILES string of the molecule is CNC(=O)c1nc2c(s1)CC[C@@H]([C@@H]1c3ccccc3-c3cncn31)[C@@H]2O. The number of fused-ring (bicyclic) bond motifs is 4. The largest absolute Gasteiger partial charge is 0.386 e. The number of imidazole rings is 1. The van der Waals surface area contributed by atoms with Crippen molar-refractivity contribution in [2.75, 3.05) is 7.05 Å². The van der Waals surface area contributed by atoms with Gasteiger partial charge < -0.3 is 15.0 Å². The van der Waals surface area contributed by atoms with E-state index < -0.39 is 6.10 Å². The molecule has 0 bridgehead atoms. The summed E-state index contributed by atoms with van der Waals surface area (Å²) in [4.78, 5) is 21.7. The Kier molecular flexibility index (Phi) is 3.48. The standard InChI is InChI=1S/C19H18N4O2S/c1-20-18(25)19-22-15-14(26-19)7-6-12(17(15)24)16-11-5-3-2-4-10(11)13-8-21-9-23(13)16/h2-5,8-9,12,16-17,24H,6-7H2,1H3,(H,20,25)/t12-,16-,17-/m0/s1. The van der Waals surface area contributed by atoms with Crippen LogP contribution in [0, 0.1) is 5.92 Å². The number of nitrogens with one attached hydrogen (secondary N) is 1. The third-order valence-corrected chi connectivity index (χ3v) is 6.60. The Bertz CT molecular complexity index is 1010. The van der Waals surface area contributed by atoms with Gasteiger partial charge in [0.25, 0.3) is 5.91 Å². The minimum atomic E-state index is -0.695. The highest BCUT2D eigenvalue weighted by Gasteiger charge is 2.42. The molecule has 2 aliphatic rings. The number of aliphatic hydroxyl groups is 1. The lowest BCUT2D eigenvalue weighted by Gasteiger charge is -2.33. The fraction of sp³-hybridized carbons (Fsp3) is 0.316. The highest BCUT2D eigenvalue weighted by Crippen LogP contribution is 2.50. The van der Waals surface area contributed by atoms with Crippen LogP contribution in [0.3, 0.4) is 0 Å². The topological polar surface area (TPSA) is 80.0 Å². The van der Waals surface area contributed by atoms with Gasteiger partial charge in [-0.1, -0.05) is 24.3 Å². The summed E-state index contributed by atoms with van der Waals surface area (Å²) in [5.74, 6) is -0.199. The summed E-state index contributed by atoms with van der Waals surface area (Å²) in [6.07, 6.45) is 4.71. The molecule has 0 saturated carbocycles. The maximum absolute atomic E-state index is 11.9. The van der Waals surface area contributed by atoms with Crippen LogP contribution in [0.1, 0.15) is 44.5 Å². The Morgan fingerprint density at radius 2 is 2.23 bits per heavy atom. The number of hydrogen-bond acceptors (Lipinski definition) is 5. The van der Waals surface area contributed by atoms with E-state index in [1.54, 1.807) is 7.05 Å². The van der Waals surface area contributed by atoms with Crippen LogP contribution >= 0.6 is 11.3 Å².